The molecule has 1 aliphatic heterocycles. The third-order valence-electron chi connectivity index (χ3n) is 4.56. The first-order valence-corrected chi connectivity index (χ1v) is 10.1. The highest BCUT2D eigenvalue weighted by Crippen LogP contribution is 2.32. The lowest BCUT2D eigenvalue weighted by atomic mass is 9.97. The summed E-state index contributed by atoms with van der Waals surface area (Å²) in [5, 5.41) is 5.54. The zero-order valence-corrected chi connectivity index (χ0v) is 16.6. The molecule has 2 amide bonds. The van der Waals surface area contributed by atoms with Crippen molar-refractivity contribution in [3.05, 3.63) is 53.6 Å². The Balaban J connectivity index is 1.60. The van der Waals surface area contributed by atoms with E-state index in [0.717, 1.165) is 22.6 Å². The van der Waals surface area contributed by atoms with Gasteiger partial charge in [-0.3, -0.25) is 9.59 Å². The summed E-state index contributed by atoms with van der Waals surface area (Å²) in [5.74, 6) is -0.455. The van der Waals surface area contributed by atoms with Crippen LogP contribution >= 0.6 is 11.8 Å². The van der Waals surface area contributed by atoms with Crippen molar-refractivity contribution in [2.24, 2.45) is 0 Å². The van der Waals surface area contributed by atoms with E-state index in [9.17, 15) is 14.4 Å². The first-order valence-electron chi connectivity index (χ1n) is 9.10. The first-order chi connectivity index (χ1) is 13.5. The topological polar surface area (TPSA) is 84.5 Å². The predicted molar refractivity (Wildman–Crippen MR) is 110 cm³/mol. The second kappa shape index (κ2) is 8.93. The number of para-hydroxylation sites is 1. The third-order valence-corrected chi connectivity index (χ3v) is 5.63. The Kier molecular flexibility index (Phi) is 6.36. The number of hydrogen-bond donors (Lipinski definition) is 2. The molecule has 0 spiro atoms. The summed E-state index contributed by atoms with van der Waals surface area (Å²) in [6.45, 7) is 3.80. The lowest BCUT2D eigenvalue weighted by Crippen LogP contribution is -2.22. The average Bonchev–Trinajstić information content (AvgIpc) is 2.71. The third kappa shape index (κ3) is 4.72. The fourth-order valence-electron chi connectivity index (χ4n) is 2.87. The minimum Gasteiger partial charge on any atom is -0.452 e. The van der Waals surface area contributed by atoms with Crippen molar-refractivity contribution in [1.82, 2.24) is 0 Å². The Morgan fingerprint density at radius 3 is 2.82 bits per heavy atom. The van der Waals surface area contributed by atoms with E-state index in [1.807, 2.05) is 24.3 Å². The maximum atomic E-state index is 12.3. The Morgan fingerprint density at radius 2 is 2.04 bits per heavy atom. The molecule has 0 saturated heterocycles. The summed E-state index contributed by atoms with van der Waals surface area (Å²) in [5.41, 5.74) is 2.65. The van der Waals surface area contributed by atoms with Gasteiger partial charge >= 0.3 is 5.97 Å². The van der Waals surface area contributed by atoms with Gasteiger partial charge in [0, 0.05) is 10.6 Å². The molecule has 1 heterocycles. The highest BCUT2D eigenvalue weighted by molar-refractivity contribution is 8.00. The van der Waals surface area contributed by atoms with Crippen molar-refractivity contribution in [3.63, 3.8) is 0 Å². The minimum atomic E-state index is -0.613. The summed E-state index contributed by atoms with van der Waals surface area (Å²) >= 11 is 1.41. The van der Waals surface area contributed by atoms with Gasteiger partial charge in [-0.15, -0.1) is 11.8 Å². The van der Waals surface area contributed by atoms with Crippen LogP contribution in [0.15, 0.2) is 47.4 Å². The van der Waals surface area contributed by atoms with Gasteiger partial charge in [-0.25, -0.2) is 4.79 Å². The van der Waals surface area contributed by atoms with Crippen molar-refractivity contribution >= 4 is 40.9 Å². The van der Waals surface area contributed by atoms with E-state index in [1.54, 1.807) is 18.2 Å². The van der Waals surface area contributed by atoms with E-state index in [2.05, 4.69) is 24.5 Å². The van der Waals surface area contributed by atoms with Crippen LogP contribution in [-0.2, 0) is 14.3 Å². The smallest absolute Gasteiger partial charge is 0.338 e. The molecule has 146 valence electrons. The molecule has 1 aliphatic rings. The molecule has 0 fully saturated rings. The molecule has 7 heteroatoms. The van der Waals surface area contributed by atoms with Gasteiger partial charge in [0.25, 0.3) is 5.91 Å². The maximum absolute atomic E-state index is 12.3. The predicted octanol–water partition coefficient (Wildman–Crippen LogP) is 4.04. The molecule has 0 aliphatic carbocycles. The Labute approximate surface area is 168 Å². The standard InChI is InChI=1S/C21H22N2O4S/c1-3-13(2)15-6-4-5-7-16(15)22-19(24)11-27-21(26)14-8-9-18-17(10-14)23-20(25)12-28-18/h4-10,13H,3,11-12H2,1-2H3,(H,22,24)(H,23,25)/t13-/m0/s1. The molecule has 2 N–H and O–H groups in total. The number of carbonyl (C=O) groups is 3. The summed E-state index contributed by atoms with van der Waals surface area (Å²) in [6.07, 6.45) is 0.953. The number of anilines is 2. The lowest BCUT2D eigenvalue weighted by molar-refractivity contribution is -0.119. The maximum Gasteiger partial charge on any atom is 0.338 e. The van der Waals surface area contributed by atoms with E-state index < -0.39 is 11.9 Å². The van der Waals surface area contributed by atoms with Crippen LogP contribution in [0.1, 0.15) is 42.1 Å². The molecule has 0 saturated carbocycles. The number of rotatable bonds is 6. The number of thioether (sulfide) groups is 1. The molecule has 6 nitrogen and oxygen atoms in total. The number of amides is 2. The quantitative estimate of drug-likeness (QED) is 0.718. The van der Waals surface area contributed by atoms with Gasteiger partial charge in [0.2, 0.25) is 5.91 Å². The number of fused-ring (bicyclic) bond motifs is 1. The van der Waals surface area contributed by atoms with Crippen LogP contribution in [0, 0.1) is 0 Å². The van der Waals surface area contributed by atoms with Gasteiger partial charge in [0.05, 0.1) is 17.0 Å². The number of esters is 1. The lowest BCUT2D eigenvalue weighted by Gasteiger charge is -2.17. The molecule has 0 bridgehead atoms. The van der Waals surface area contributed by atoms with E-state index >= 15 is 0 Å². The van der Waals surface area contributed by atoms with Crippen molar-refractivity contribution in [3.8, 4) is 0 Å². The second-order valence-electron chi connectivity index (χ2n) is 6.57. The van der Waals surface area contributed by atoms with Crippen LogP contribution in [0.2, 0.25) is 0 Å². The van der Waals surface area contributed by atoms with Crippen molar-refractivity contribution < 1.29 is 19.1 Å². The molecular formula is C21H22N2O4S. The van der Waals surface area contributed by atoms with Crippen molar-refractivity contribution in [2.45, 2.75) is 31.1 Å². The van der Waals surface area contributed by atoms with E-state index in [4.69, 9.17) is 4.74 Å². The summed E-state index contributed by atoms with van der Waals surface area (Å²) in [6, 6.07) is 12.6. The van der Waals surface area contributed by atoms with Gasteiger partial charge in [0.15, 0.2) is 6.61 Å². The molecule has 1 atom stereocenters. The van der Waals surface area contributed by atoms with Crippen molar-refractivity contribution in [1.29, 1.82) is 0 Å². The summed E-state index contributed by atoms with van der Waals surface area (Å²) in [4.78, 5) is 36.9. The van der Waals surface area contributed by atoms with Gasteiger partial charge < -0.3 is 15.4 Å². The van der Waals surface area contributed by atoms with Crippen LogP contribution < -0.4 is 10.6 Å². The molecule has 2 aromatic rings. The SMILES string of the molecule is CC[C@H](C)c1ccccc1NC(=O)COC(=O)c1ccc2c(c1)NC(=O)CS2. The number of ether oxygens (including phenoxy) is 1. The first kappa shape index (κ1) is 19.9. The summed E-state index contributed by atoms with van der Waals surface area (Å²) < 4.78 is 5.14. The zero-order valence-electron chi connectivity index (χ0n) is 15.8. The Hall–Kier alpha value is -2.80. The molecule has 28 heavy (non-hydrogen) atoms. The largest absolute Gasteiger partial charge is 0.452 e. The highest BCUT2D eigenvalue weighted by atomic mass is 32.2. The molecule has 0 unspecified atom stereocenters. The number of benzene rings is 2. The van der Waals surface area contributed by atoms with Crippen molar-refractivity contribution in [2.75, 3.05) is 23.0 Å². The van der Waals surface area contributed by atoms with Crippen LogP contribution in [-0.4, -0.2) is 30.1 Å². The molecule has 0 radical (unpaired) electrons. The second-order valence-corrected chi connectivity index (χ2v) is 7.59. The minimum absolute atomic E-state index is 0.109. The average molecular weight is 398 g/mol. The van der Waals surface area contributed by atoms with E-state index in [0.29, 0.717) is 17.4 Å². The molecule has 0 aromatic heterocycles. The molecular weight excluding hydrogens is 376 g/mol. The fourth-order valence-corrected chi connectivity index (χ4v) is 3.66. The van der Waals surface area contributed by atoms with Crippen LogP contribution in [0.4, 0.5) is 11.4 Å². The zero-order chi connectivity index (χ0) is 20.1. The highest BCUT2D eigenvalue weighted by Gasteiger charge is 2.19. The molecule has 3 rings (SSSR count). The van der Waals surface area contributed by atoms with Crippen LogP contribution in [0.25, 0.3) is 0 Å². The normalized spacial score (nSPS) is 13.9. The van der Waals surface area contributed by atoms with Gasteiger partial charge in [-0.05, 0) is 42.2 Å². The number of hydrogen-bond acceptors (Lipinski definition) is 5. The van der Waals surface area contributed by atoms with Crippen LogP contribution in [0.3, 0.4) is 0 Å². The van der Waals surface area contributed by atoms with Gasteiger partial charge in [-0.2, -0.15) is 0 Å². The summed E-state index contributed by atoms with van der Waals surface area (Å²) in [7, 11) is 0. The number of carbonyl (C=O) groups excluding carboxylic acids is 3. The number of nitrogens with one attached hydrogen (secondary N) is 2. The Morgan fingerprint density at radius 1 is 1.25 bits per heavy atom. The van der Waals surface area contributed by atoms with E-state index in [1.165, 1.54) is 11.8 Å². The fraction of sp³-hybridized carbons (Fsp3) is 0.286. The van der Waals surface area contributed by atoms with E-state index in [-0.39, 0.29) is 18.1 Å². The van der Waals surface area contributed by atoms with Gasteiger partial charge in [-0.1, -0.05) is 32.0 Å². The monoisotopic (exact) mass is 398 g/mol. The van der Waals surface area contributed by atoms with Crippen LogP contribution in [0.5, 0.6) is 0 Å². The molecule has 2 aromatic carbocycles. The Bertz CT molecular complexity index is 913. The van der Waals surface area contributed by atoms with Gasteiger partial charge in [0.1, 0.15) is 0 Å².